The van der Waals surface area contributed by atoms with E-state index in [1.807, 2.05) is 0 Å². The molecule has 0 aromatic carbocycles. The van der Waals surface area contributed by atoms with Gasteiger partial charge in [0.05, 0.1) is 45.7 Å². The summed E-state index contributed by atoms with van der Waals surface area (Å²) in [6.07, 6.45) is 11.0. The van der Waals surface area contributed by atoms with Gasteiger partial charge in [-0.05, 0) is 38.5 Å². The number of aliphatic hydroxyl groups excluding tert-OH is 1. The first kappa shape index (κ1) is 53.5. The molecule has 0 radical (unpaired) electrons. The quantitative estimate of drug-likeness (QED) is 0.0315. The Labute approximate surface area is 337 Å². The molecule has 0 aliphatic rings. The number of carbonyl (C=O) groups is 6. The molecule has 19 nitrogen and oxygen atoms in total. The predicted molar refractivity (Wildman–Crippen MR) is 209 cm³/mol. The van der Waals surface area contributed by atoms with Crippen LogP contribution in [0, 0.1) is 0 Å². The van der Waals surface area contributed by atoms with Crippen molar-refractivity contribution in [2.45, 2.75) is 128 Å². The summed E-state index contributed by atoms with van der Waals surface area (Å²) in [5.74, 6) is -3.23. The first-order chi connectivity index (χ1) is 27.5. The normalized spacial score (nSPS) is 12.7. The Balaban J connectivity index is 3.66. The van der Waals surface area contributed by atoms with Crippen molar-refractivity contribution in [3.63, 3.8) is 0 Å². The van der Waals surface area contributed by atoms with Crippen molar-refractivity contribution >= 4 is 35.6 Å². The average Bonchev–Trinajstić information content (AvgIpc) is 3.17. The van der Waals surface area contributed by atoms with E-state index in [1.165, 1.54) is 7.11 Å². The van der Waals surface area contributed by atoms with Crippen LogP contribution < -0.4 is 27.0 Å². The maximum atomic E-state index is 12.2. The highest BCUT2D eigenvalue weighted by molar-refractivity contribution is 5.84. The monoisotopic (exact) mass is 821 g/mol. The average molecular weight is 822 g/mol. The van der Waals surface area contributed by atoms with E-state index in [1.54, 1.807) is 0 Å². The zero-order valence-corrected chi connectivity index (χ0v) is 33.9. The van der Waals surface area contributed by atoms with Crippen LogP contribution in [0.2, 0.25) is 0 Å². The summed E-state index contributed by atoms with van der Waals surface area (Å²) in [7, 11) is 1.38. The number of nitrogens with two attached hydrogens (primary N) is 1. The second-order valence-electron chi connectivity index (χ2n) is 13.6. The molecule has 0 saturated heterocycles. The van der Waals surface area contributed by atoms with E-state index in [-0.39, 0.29) is 115 Å². The number of carbonyl (C=O) groups excluding carboxylic acids is 4. The lowest BCUT2D eigenvalue weighted by molar-refractivity contribution is -0.142. The number of amides is 4. The van der Waals surface area contributed by atoms with Crippen LogP contribution in [0.4, 0.5) is 0 Å². The van der Waals surface area contributed by atoms with Crippen molar-refractivity contribution in [1.29, 1.82) is 0 Å². The van der Waals surface area contributed by atoms with Gasteiger partial charge in [-0.25, -0.2) is 4.79 Å². The second-order valence-corrected chi connectivity index (χ2v) is 13.6. The van der Waals surface area contributed by atoms with Crippen molar-refractivity contribution in [3.05, 3.63) is 0 Å². The fourth-order valence-electron chi connectivity index (χ4n) is 5.31. The van der Waals surface area contributed by atoms with Gasteiger partial charge in [-0.15, -0.1) is 0 Å². The minimum Gasteiger partial charge on any atom is -0.481 e. The van der Waals surface area contributed by atoms with Crippen LogP contribution in [-0.2, 0) is 52.5 Å². The van der Waals surface area contributed by atoms with E-state index in [0.29, 0.717) is 25.8 Å². The number of nitrogens with one attached hydrogen (secondary N) is 4. The number of rotatable bonds is 41. The molecule has 0 bridgehead atoms. The van der Waals surface area contributed by atoms with E-state index >= 15 is 0 Å². The van der Waals surface area contributed by atoms with Crippen LogP contribution in [0.15, 0.2) is 0 Å². The number of hydrogen-bond donors (Lipinski definition) is 8. The molecular formula is C38H71N5O14. The number of hydrogen-bond acceptors (Lipinski definition) is 13. The van der Waals surface area contributed by atoms with E-state index in [2.05, 4.69) is 21.3 Å². The molecule has 0 aliphatic heterocycles. The van der Waals surface area contributed by atoms with Crippen LogP contribution in [0.3, 0.4) is 0 Å². The molecular weight excluding hydrogens is 750 g/mol. The van der Waals surface area contributed by atoms with Crippen LogP contribution in [0.1, 0.15) is 109 Å². The highest BCUT2D eigenvalue weighted by atomic mass is 16.6. The number of aliphatic carboxylic acids is 2. The molecule has 332 valence electrons. The molecule has 0 heterocycles. The summed E-state index contributed by atoms with van der Waals surface area (Å²) in [4.78, 5) is 70.2. The van der Waals surface area contributed by atoms with E-state index in [4.69, 9.17) is 34.5 Å². The van der Waals surface area contributed by atoms with E-state index < -0.39 is 30.3 Å². The predicted octanol–water partition coefficient (Wildman–Crippen LogP) is 0.979. The van der Waals surface area contributed by atoms with Gasteiger partial charge in [-0.1, -0.05) is 51.4 Å². The summed E-state index contributed by atoms with van der Waals surface area (Å²) in [5.41, 5.74) is 5.75. The van der Waals surface area contributed by atoms with Crippen LogP contribution >= 0.6 is 0 Å². The molecule has 1 unspecified atom stereocenters. The summed E-state index contributed by atoms with van der Waals surface area (Å²) < 4.78 is 26.0. The molecule has 0 fully saturated rings. The Bertz CT molecular complexity index is 1090. The van der Waals surface area contributed by atoms with Crippen molar-refractivity contribution in [2.75, 3.05) is 79.6 Å². The first-order valence-electron chi connectivity index (χ1n) is 20.3. The Hall–Kier alpha value is -3.46. The number of unbranched alkanes of at least 4 members (excludes halogenated alkanes) is 10. The van der Waals surface area contributed by atoms with Crippen molar-refractivity contribution in [1.82, 2.24) is 21.3 Å². The summed E-state index contributed by atoms with van der Waals surface area (Å²) in [6.45, 7) is 1.96. The molecule has 19 heteroatoms. The van der Waals surface area contributed by atoms with Gasteiger partial charge in [0.15, 0.2) is 6.29 Å². The zero-order chi connectivity index (χ0) is 42.4. The minimum atomic E-state index is -1.20. The molecule has 0 rings (SSSR count). The molecule has 57 heavy (non-hydrogen) atoms. The van der Waals surface area contributed by atoms with Gasteiger partial charge in [0.25, 0.3) is 0 Å². The van der Waals surface area contributed by atoms with Gasteiger partial charge in [0, 0.05) is 46.0 Å². The molecule has 4 amide bonds. The SMILES string of the molecule is COC(O)[C@@H](N)CCCCNC(=O)COCCOCCNC(=O)COCCOCCNC(=O)CC[C@H](NC(=O)CCCCCCCCCCCCC(=O)O)C(=O)O. The summed E-state index contributed by atoms with van der Waals surface area (Å²) in [5, 5.41) is 38.1. The molecule has 3 atom stereocenters. The third kappa shape index (κ3) is 36.6. The first-order valence-corrected chi connectivity index (χ1v) is 20.3. The van der Waals surface area contributed by atoms with Crippen LogP contribution in [-0.4, -0.2) is 149 Å². The fraction of sp³-hybridized carbons (Fsp3) is 0.842. The third-order valence-electron chi connectivity index (χ3n) is 8.58. The van der Waals surface area contributed by atoms with Crippen molar-refractivity contribution in [3.8, 4) is 0 Å². The Morgan fingerprint density at radius 1 is 0.526 bits per heavy atom. The Morgan fingerprint density at radius 3 is 1.51 bits per heavy atom. The lowest BCUT2D eigenvalue weighted by atomic mass is 10.0. The number of methoxy groups -OCH3 is 1. The van der Waals surface area contributed by atoms with Gasteiger partial charge in [0.2, 0.25) is 23.6 Å². The lowest BCUT2D eigenvalue weighted by Crippen LogP contribution is -2.41. The number of carboxylic acid groups (broad SMARTS) is 2. The van der Waals surface area contributed by atoms with E-state index in [0.717, 1.165) is 64.2 Å². The molecule has 0 spiro atoms. The Morgan fingerprint density at radius 2 is 1.00 bits per heavy atom. The number of carboxylic acids is 2. The highest BCUT2D eigenvalue weighted by Gasteiger charge is 2.21. The molecule has 0 aromatic heterocycles. The largest absolute Gasteiger partial charge is 0.481 e. The maximum Gasteiger partial charge on any atom is 0.326 e. The molecule has 0 saturated carbocycles. The van der Waals surface area contributed by atoms with Crippen molar-refractivity contribution < 1.29 is 67.8 Å². The highest BCUT2D eigenvalue weighted by Crippen LogP contribution is 2.12. The van der Waals surface area contributed by atoms with Gasteiger partial charge < -0.3 is 66.0 Å². The second kappa shape index (κ2) is 38.1. The maximum absolute atomic E-state index is 12.2. The smallest absolute Gasteiger partial charge is 0.326 e. The number of aliphatic hydroxyl groups is 1. The van der Waals surface area contributed by atoms with Crippen LogP contribution in [0.5, 0.6) is 0 Å². The van der Waals surface area contributed by atoms with Crippen molar-refractivity contribution in [2.24, 2.45) is 5.73 Å². The zero-order valence-electron chi connectivity index (χ0n) is 33.9. The lowest BCUT2D eigenvalue weighted by Gasteiger charge is -2.16. The third-order valence-corrected chi connectivity index (χ3v) is 8.58. The molecule has 0 aliphatic carbocycles. The van der Waals surface area contributed by atoms with E-state index in [9.17, 15) is 39.0 Å². The van der Waals surface area contributed by atoms with Gasteiger partial charge in [0.1, 0.15) is 19.3 Å². The van der Waals surface area contributed by atoms with Gasteiger partial charge >= 0.3 is 11.9 Å². The van der Waals surface area contributed by atoms with Gasteiger partial charge in [-0.2, -0.15) is 0 Å². The standard InChI is InChI=1S/C38H71N5O14/c1-53-38(52)30(39)14-12-13-19-40-34(46)28-56-26-25-55-23-21-42-35(47)29-57-27-24-54-22-20-41-32(44)18-17-31(37(50)51)43-33(45)15-10-8-6-4-2-3-5-7-9-11-16-36(48)49/h30-31,38,52H,2-29,39H2,1H3,(H,40,46)(H,41,44)(H,42,47)(H,43,45)(H,48,49)(H,50,51)/t30-,31-,38?/m0/s1. The van der Waals surface area contributed by atoms with Crippen LogP contribution in [0.25, 0.3) is 0 Å². The summed E-state index contributed by atoms with van der Waals surface area (Å²) >= 11 is 0. The molecule has 9 N–H and O–H groups in total. The summed E-state index contributed by atoms with van der Waals surface area (Å²) in [6, 6.07) is -1.62. The Kier molecular flexibility index (Phi) is 35.8. The topological polar surface area (TPSA) is 283 Å². The fourth-order valence-corrected chi connectivity index (χ4v) is 5.31. The number of ether oxygens (including phenoxy) is 5. The minimum absolute atomic E-state index is 0.0382. The van der Waals surface area contributed by atoms with Gasteiger partial charge in [-0.3, -0.25) is 24.0 Å². The molecule has 0 aromatic rings.